The number of thioether (sulfide) groups is 1. The Kier molecular flexibility index (Phi) is 5.06. The topological polar surface area (TPSA) is 74.8 Å². The van der Waals surface area contributed by atoms with Crippen molar-refractivity contribution in [1.29, 1.82) is 0 Å². The molecule has 0 aliphatic heterocycles. The molecule has 2 aromatic heterocycles. The number of thiophene rings is 1. The highest BCUT2D eigenvalue weighted by molar-refractivity contribution is 7.99. The Morgan fingerprint density at radius 3 is 2.96 bits per heavy atom. The first kappa shape index (κ1) is 18.3. The molecule has 0 spiro atoms. The largest absolute Gasteiger partial charge is 0.325 e. The van der Waals surface area contributed by atoms with Crippen LogP contribution in [0.15, 0.2) is 28.2 Å². The number of nitrogens with one attached hydrogen (secondary N) is 2. The van der Waals surface area contributed by atoms with Gasteiger partial charge in [0, 0.05) is 10.6 Å². The molecule has 140 valence electrons. The molecular weight excluding hydrogens is 378 g/mol. The SMILES string of the molecule is Cc1cccc(NC(=O)CSc2nc3sc4c(c3c(=O)[nH]2)CCCC4)c1C. The van der Waals surface area contributed by atoms with Gasteiger partial charge >= 0.3 is 0 Å². The fourth-order valence-electron chi connectivity index (χ4n) is 3.42. The number of aryl methyl sites for hydroxylation is 3. The smallest absolute Gasteiger partial charge is 0.260 e. The molecule has 0 unspecified atom stereocenters. The molecule has 1 aliphatic rings. The Morgan fingerprint density at radius 1 is 1.30 bits per heavy atom. The minimum atomic E-state index is -0.109. The summed E-state index contributed by atoms with van der Waals surface area (Å²) in [6.07, 6.45) is 4.31. The van der Waals surface area contributed by atoms with Crippen LogP contribution >= 0.6 is 23.1 Å². The molecule has 1 aromatic carbocycles. The molecule has 0 saturated carbocycles. The van der Waals surface area contributed by atoms with Crippen molar-refractivity contribution in [1.82, 2.24) is 9.97 Å². The zero-order chi connectivity index (χ0) is 19.0. The summed E-state index contributed by atoms with van der Waals surface area (Å²) < 4.78 is 0. The zero-order valence-electron chi connectivity index (χ0n) is 15.3. The van der Waals surface area contributed by atoms with Gasteiger partial charge in [0.15, 0.2) is 5.16 Å². The van der Waals surface area contributed by atoms with Crippen molar-refractivity contribution >= 4 is 44.9 Å². The van der Waals surface area contributed by atoms with E-state index in [1.165, 1.54) is 28.6 Å². The average molecular weight is 400 g/mol. The van der Waals surface area contributed by atoms with E-state index in [-0.39, 0.29) is 17.2 Å². The number of rotatable bonds is 4. The lowest BCUT2D eigenvalue weighted by atomic mass is 9.97. The molecule has 1 amide bonds. The summed E-state index contributed by atoms with van der Waals surface area (Å²) in [5.41, 5.74) is 4.12. The molecule has 4 rings (SSSR count). The van der Waals surface area contributed by atoms with E-state index in [0.29, 0.717) is 5.16 Å². The van der Waals surface area contributed by atoms with E-state index >= 15 is 0 Å². The van der Waals surface area contributed by atoms with E-state index in [1.807, 2.05) is 32.0 Å². The fraction of sp³-hybridized carbons (Fsp3) is 0.350. The maximum atomic E-state index is 12.5. The molecule has 0 bridgehead atoms. The molecule has 0 radical (unpaired) electrons. The quantitative estimate of drug-likeness (QED) is 0.509. The standard InChI is InChI=1S/C20H21N3O2S2/c1-11-6-5-8-14(12(11)2)21-16(24)10-26-20-22-18(25)17-13-7-3-4-9-15(13)27-19(17)23-20/h5-6,8H,3-4,7,9-10H2,1-2H3,(H,21,24)(H,22,23,25). The average Bonchev–Trinajstić information content (AvgIpc) is 3.02. The van der Waals surface area contributed by atoms with Crippen LogP contribution in [0.3, 0.4) is 0 Å². The van der Waals surface area contributed by atoms with Crippen molar-refractivity contribution in [2.24, 2.45) is 0 Å². The van der Waals surface area contributed by atoms with Gasteiger partial charge in [-0.2, -0.15) is 0 Å². The van der Waals surface area contributed by atoms with Crippen molar-refractivity contribution in [2.45, 2.75) is 44.7 Å². The lowest BCUT2D eigenvalue weighted by molar-refractivity contribution is -0.113. The van der Waals surface area contributed by atoms with Crippen LogP contribution in [0.1, 0.15) is 34.4 Å². The van der Waals surface area contributed by atoms with Gasteiger partial charge in [-0.25, -0.2) is 4.98 Å². The molecule has 0 saturated heterocycles. The molecule has 27 heavy (non-hydrogen) atoms. The summed E-state index contributed by atoms with van der Waals surface area (Å²) in [7, 11) is 0. The number of anilines is 1. The second-order valence-corrected chi connectivity index (χ2v) is 8.89. The van der Waals surface area contributed by atoms with Crippen LogP contribution in [0.5, 0.6) is 0 Å². The number of amides is 1. The van der Waals surface area contributed by atoms with Crippen LogP contribution in [-0.2, 0) is 17.6 Å². The van der Waals surface area contributed by atoms with Crippen LogP contribution in [0.4, 0.5) is 5.69 Å². The number of hydrogen-bond acceptors (Lipinski definition) is 5. The lowest BCUT2D eigenvalue weighted by Gasteiger charge is -2.10. The molecular formula is C20H21N3O2S2. The molecule has 2 N–H and O–H groups in total. The summed E-state index contributed by atoms with van der Waals surface area (Å²) in [5.74, 6) is 0.0920. The highest BCUT2D eigenvalue weighted by atomic mass is 32.2. The van der Waals surface area contributed by atoms with E-state index in [1.54, 1.807) is 11.3 Å². The van der Waals surface area contributed by atoms with Gasteiger partial charge in [-0.1, -0.05) is 23.9 Å². The van der Waals surface area contributed by atoms with Gasteiger partial charge < -0.3 is 10.3 Å². The Balaban J connectivity index is 1.50. The number of H-pyrrole nitrogens is 1. The van der Waals surface area contributed by atoms with Gasteiger partial charge in [0.1, 0.15) is 4.83 Å². The summed E-state index contributed by atoms with van der Waals surface area (Å²) in [4.78, 5) is 34.4. The highest BCUT2D eigenvalue weighted by Crippen LogP contribution is 2.34. The minimum Gasteiger partial charge on any atom is -0.325 e. The predicted molar refractivity (Wildman–Crippen MR) is 112 cm³/mol. The summed E-state index contributed by atoms with van der Waals surface area (Å²) in [5, 5.41) is 4.19. The van der Waals surface area contributed by atoms with Crippen molar-refractivity contribution in [3.63, 3.8) is 0 Å². The summed E-state index contributed by atoms with van der Waals surface area (Å²) >= 11 is 2.88. The number of hydrogen-bond donors (Lipinski definition) is 2. The molecule has 3 aromatic rings. The number of nitrogens with zero attached hydrogens (tertiary/aromatic N) is 1. The van der Waals surface area contributed by atoms with Crippen LogP contribution < -0.4 is 10.9 Å². The Labute approximate surface area is 165 Å². The number of aromatic amines is 1. The minimum absolute atomic E-state index is 0.0863. The van der Waals surface area contributed by atoms with Gasteiger partial charge in [-0.15, -0.1) is 11.3 Å². The molecule has 5 nitrogen and oxygen atoms in total. The van der Waals surface area contributed by atoms with Crippen LogP contribution in [0, 0.1) is 13.8 Å². The van der Waals surface area contributed by atoms with Gasteiger partial charge in [0.25, 0.3) is 5.56 Å². The first-order valence-corrected chi connectivity index (χ1v) is 10.9. The Morgan fingerprint density at radius 2 is 2.11 bits per heavy atom. The normalized spacial score (nSPS) is 13.6. The number of benzene rings is 1. The van der Waals surface area contributed by atoms with Crippen molar-refractivity contribution < 1.29 is 4.79 Å². The second-order valence-electron chi connectivity index (χ2n) is 6.85. The molecule has 7 heteroatoms. The van der Waals surface area contributed by atoms with Gasteiger partial charge in [-0.05, 0) is 62.3 Å². The fourth-order valence-corrected chi connectivity index (χ4v) is 5.40. The maximum Gasteiger partial charge on any atom is 0.260 e. The van der Waals surface area contributed by atoms with E-state index in [0.717, 1.165) is 46.3 Å². The number of fused-ring (bicyclic) bond motifs is 3. The molecule has 0 fully saturated rings. The summed E-state index contributed by atoms with van der Waals surface area (Å²) in [6.45, 7) is 4.01. The van der Waals surface area contributed by atoms with Crippen LogP contribution in [-0.4, -0.2) is 21.6 Å². The molecule has 2 heterocycles. The van der Waals surface area contributed by atoms with E-state index in [9.17, 15) is 9.59 Å². The molecule has 0 atom stereocenters. The predicted octanol–water partition coefficient (Wildman–Crippen LogP) is 4.21. The van der Waals surface area contributed by atoms with Gasteiger partial charge in [-0.3, -0.25) is 9.59 Å². The number of carbonyl (C=O) groups excluding carboxylic acids is 1. The Bertz CT molecular complexity index is 1080. The van der Waals surface area contributed by atoms with Crippen molar-refractivity contribution in [3.8, 4) is 0 Å². The molecule has 1 aliphatic carbocycles. The maximum absolute atomic E-state index is 12.5. The third-order valence-corrected chi connectivity index (χ3v) is 7.08. The van der Waals surface area contributed by atoms with Crippen molar-refractivity contribution in [2.75, 3.05) is 11.1 Å². The monoisotopic (exact) mass is 399 g/mol. The first-order valence-electron chi connectivity index (χ1n) is 9.06. The number of carbonyl (C=O) groups is 1. The van der Waals surface area contributed by atoms with E-state index in [2.05, 4.69) is 15.3 Å². The second kappa shape index (κ2) is 7.48. The van der Waals surface area contributed by atoms with Crippen molar-refractivity contribution in [3.05, 3.63) is 50.1 Å². The third kappa shape index (κ3) is 3.66. The Hall–Kier alpha value is -2.12. The van der Waals surface area contributed by atoms with Gasteiger partial charge in [0.05, 0.1) is 11.1 Å². The van der Waals surface area contributed by atoms with Gasteiger partial charge in [0.2, 0.25) is 5.91 Å². The van der Waals surface area contributed by atoms with Crippen LogP contribution in [0.25, 0.3) is 10.2 Å². The number of aromatic nitrogens is 2. The lowest BCUT2D eigenvalue weighted by Crippen LogP contribution is -2.16. The highest BCUT2D eigenvalue weighted by Gasteiger charge is 2.20. The van der Waals surface area contributed by atoms with Crippen LogP contribution in [0.2, 0.25) is 0 Å². The first-order chi connectivity index (χ1) is 13.0. The van der Waals surface area contributed by atoms with E-state index in [4.69, 9.17) is 0 Å². The zero-order valence-corrected chi connectivity index (χ0v) is 17.0. The third-order valence-electron chi connectivity index (χ3n) is 5.02. The summed E-state index contributed by atoms with van der Waals surface area (Å²) in [6, 6.07) is 5.84. The van der Waals surface area contributed by atoms with E-state index < -0.39 is 0 Å².